The van der Waals surface area contributed by atoms with Crippen molar-refractivity contribution in [2.45, 2.75) is 6.42 Å². The van der Waals surface area contributed by atoms with Crippen LogP contribution in [0.25, 0.3) is 0 Å². The third-order valence-electron chi connectivity index (χ3n) is 3.47. The van der Waals surface area contributed by atoms with Gasteiger partial charge in [-0.25, -0.2) is 5.43 Å². The average Bonchev–Trinajstić information content (AvgIpc) is 2.67. The summed E-state index contributed by atoms with van der Waals surface area (Å²) in [5.41, 5.74) is 3.94. The van der Waals surface area contributed by atoms with E-state index in [2.05, 4.69) is 17.1 Å². The summed E-state index contributed by atoms with van der Waals surface area (Å²) in [4.78, 5) is 21.9. The first-order valence-electron chi connectivity index (χ1n) is 8.00. The Labute approximate surface area is 156 Å². The molecule has 1 amide bonds. The van der Waals surface area contributed by atoms with Gasteiger partial charge in [-0.05, 0) is 41.8 Å². The van der Waals surface area contributed by atoms with Crippen molar-refractivity contribution >= 4 is 17.8 Å². The van der Waals surface area contributed by atoms with Gasteiger partial charge in [-0.2, -0.15) is 5.10 Å². The molecule has 0 bridgehead atoms. The van der Waals surface area contributed by atoms with Crippen molar-refractivity contribution in [3.63, 3.8) is 0 Å². The van der Waals surface area contributed by atoms with Crippen molar-refractivity contribution in [3.8, 4) is 11.5 Å². The molecule has 0 saturated heterocycles. The van der Waals surface area contributed by atoms with E-state index in [4.69, 9.17) is 9.47 Å². The van der Waals surface area contributed by atoms with Crippen molar-refractivity contribution in [1.29, 1.82) is 0 Å². The zero-order chi connectivity index (χ0) is 19.6. The normalized spacial score (nSPS) is 10.4. The summed E-state index contributed by atoms with van der Waals surface area (Å²) in [6, 6.07) is 11.2. The SMILES string of the molecule is C=CCc1ccc(OCC(=O)NN=Cc2ccc([N+](=O)[O-])cc2)c(OC)c1. The first-order chi connectivity index (χ1) is 13.0. The van der Waals surface area contributed by atoms with Crippen LogP contribution in [-0.4, -0.2) is 30.8 Å². The van der Waals surface area contributed by atoms with Gasteiger partial charge in [-0.3, -0.25) is 14.9 Å². The second-order valence-electron chi connectivity index (χ2n) is 5.41. The Morgan fingerprint density at radius 1 is 1.26 bits per heavy atom. The number of carbonyl (C=O) groups excluding carboxylic acids is 1. The lowest BCUT2D eigenvalue weighted by molar-refractivity contribution is -0.384. The lowest BCUT2D eigenvalue weighted by Gasteiger charge is -2.11. The maximum absolute atomic E-state index is 11.8. The van der Waals surface area contributed by atoms with Gasteiger partial charge >= 0.3 is 0 Å². The van der Waals surface area contributed by atoms with E-state index in [9.17, 15) is 14.9 Å². The van der Waals surface area contributed by atoms with E-state index < -0.39 is 10.8 Å². The molecule has 0 unspecified atom stereocenters. The van der Waals surface area contributed by atoms with Crippen LogP contribution in [0.3, 0.4) is 0 Å². The Kier molecular flexibility index (Phi) is 7.07. The predicted octanol–water partition coefficient (Wildman–Crippen LogP) is 2.86. The van der Waals surface area contributed by atoms with Crippen LogP contribution in [0.1, 0.15) is 11.1 Å². The van der Waals surface area contributed by atoms with Crippen molar-refractivity contribution in [2.24, 2.45) is 5.10 Å². The average molecular weight is 369 g/mol. The molecule has 0 spiro atoms. The molecule has 0 aliphatic carbocycles. The van der Waals surface area contributed by atoms with Gasteiger partial charge in [0.25, 0.3) is 11.6 Å². The molecule has 27 heavy (non-hydrogen) atoms. The highest BCUT2D eigenvalue weighted by Crippen LogP contribution is 2.28. The third-order valence-corrected chi connectivity index (χ3v) is 3.47. The first kappa shape index (κ1) is 19.6. The minimum atomic E-state index is -0.488. The van der Waals surface area contributed by atoms with Gasteiger partial charge in [-0.15, -0.1) is 6.58 Å². The van der Waals surface area contributed by atoms with Gasteiger partial charge in [0.05, 0.1) is 18.2 Å². The topological polar surface area (TPSA) is 103 Å². The summed E-state index contributed by atoms with van der Waals surface area (Å²) in [5.74, 6) is 0.515. The number of hydrogen-bond donors (Lipinski definition) is 1. The monoisotopic (exact) mass is 369 g/mol. The largest absolute Gasteiger partial charge is 0.493 e. The van der Waals surface area contributed by atoms with E-state index in [1.807, 2.05) is 12.1 Å². The molecule has 2 rings (SSSR count). The van der Waals surface area contributed by atoms with Crippen molar-refractivity contribution in [1.82, 2.24) is 5.43 Å². The summed E-state index contributed by atoms with van der Waals surface area (Å²) in [6.07, 6.45) is 3.87. The zero-order valence-electron chi connectivity index (χ0n) is 14.8. The maximum atomic E-state index is 11.8. The van der Waals surface area contributed by atoms with Crippen LogP contribution < -0.4 is 14.9 Å². The number of nitrogens with one attached hydrogen (secondary N) is 1. The fourth-order valence-corrected chi connectivity index (χ4v) is 2.16. The van der Waals surface area contributed by atoms with Crippen molar-refractivity contribution < 1.29 is 19.2 Å². The van der Waals surface area contributed by atoms with E-state index in [1.54, 1.807) is 12.1 Å². The molecule has 0 fully saturated rings. The molecule has 1 N–H and O–H groups in total. The van der Waals surface area contributed by atoms with Gasteiger partial charge in [0.2, 0.25) is 0 Å². The van der Waals surface area contributed by atoms with E-state index in [0.29, 0.717) is 23.5 Å². The van der Waals surface area contributed by atoms with Crippen LogP contribution in [0.5, 0.6) is 11.5 Å². The van der Waals surface area contributed by atoms with Crippen molar-refractivity contribution in [3.05, 3.63) is 76.4 Å². The Bertz CT molecular complexity index is 847. The van der Waals surface area contributed by atoms with E-state index in [1.165, 1.54) is 37.6 Å². The highest BCUT2D eigenvalue weighted by molar-refractivity contribution is 5.83. The number of non-ortho nitro benzene ring substituents is 1. The third kappa shape index (κ3) is 5.96. The predicted molar refractivity (Wildman–Crippen MR) is 101 cm³/mol. The number of nitrogens with zero attached hydrogens (tertiary/aromatic N) is 2. The highest BCUT2D eigenvalue weighted by atomic mass is 16.6. The minimum absolute atomic E-state index is 0.0161. The zero-order valence-corrected chi connectivity index (χ0v) is 14.8. The second-order valence-corrected chi connectivity index (χ2v) is 5.41. The quantitative estimate of drug-likeness (QED) is 0.317. The molecule has 0 radical (unpaired) electrons. The van der Waals surface area contributed by atoms with Gasteiger partial charge < -0.3 is 9.47 Å². The number of nitro groups is 1. The molecule has 0 aliphatic rings. The fourth-order valence-electron chi connectivity index (χ4n) is 2.16. The lowest BCUT2D eigenvalue weighted by Crippen LogP contribution is -2.24. The molecule has 140 valence electrons. The van der Waals surface area contributed by atoms with Gasteiger partial charge in [0, 0.05) is 12.1 Å². The summed E-state index contributed by atoms with van der Waals surface area (Å²) >= 11 is 0. The van der Waals surface area contributed by atoms with Crippen molar-refractivity contribution in [2.75, 3.05) is 13.7 Å². The standard InChI is InChI=1S/C19H19N3O5/c1-3-4-14-7-10-17(18(11-14)26-2)27-13-19(23)21-20-12-15-5-8-16(9-6-15)22(24)25/h3,5-12H,1,4,13H2,2H3,(H,21,23). The van der Waals surface area contributed by atoms with E-state index >= 15 is 0 Å². The second kappa shape index (κ2) is 9.71. The number of rotatable bonds is 9. The number of methoxy groups -OCH3 is 1. The smallest absolute Gasteiger partial charge is 0.277 e. The fraction of sp³-hybridized carbons (Fsp3) is 0.158. The number of amides is 1. The van der Waals surface area contributed by atoms with Crippen LogP contribution in [0, 0.1) is 10.1 Å². The number of allylic oxidation sites excluding steroid dienone is 1. The number of nitro benzene ring substituents is 1. The maximum Gasteiger partial charge on any atom is 0.277 e. The summed E-state index contributed by atoms with van der Waals surface area (Å²) < 4.78 is 10.7. The molecule has 8 heteroatoms. The molecular weight excluding hydrogens is 350 g/mol. The van der Waals surface area contributed by atoms with Gasteiger partial charge in [0.15, 0.2) is 18.1 Å². The first-order valence-corrected chi connectivity index (χ1v) is 8.00. The molecule has 0 atom stereocenters. The Morgan fingerprint density at radius 3 is 2.63 bits per heavy atom. The summed E-state index contributed by atoms with van der Waals surface area (Å²) in [7, 11) is 1.52. The molecule has 0 heterocycles. The number of benzene rings is 2. The number of hydrogen-bond acceptors (Lipinski definition) is 6. The van der Waals surface area contributed by atoms with Crippen LogP contribution >= 0.6 is 0 Å². The van der Waals surface area contributed by atoms with E-state index in [0.717, 1.165) is 5.56 Å². The Balaban J connectivity index is 1.87. The van der Waals surface area contributed by atoms with Gasteiger partial charge in [-0.1, -0.05) is 12.1 Å². The Hall–Kier alpha value is -3.68. The van der Waals surface area contributed by atoms with Crippen LogP contribution in [0.4, 0.5) is 5.69 Å². The van der Waals surface area contributed by atoms with E-state index in [-0.39, 0.29) is 12.3 Å². The van der Waals surface area contributed by atoms with Gasteiger partial charge in [0.1, 0.15) is 0 Å². The molecule has 0 aromatic heterocycles. The molecule has 8 nitrogen and oxygen atoms in total. The highest BCUT2D eigenvalue weighted by Gasteiger charge is 2.08. The van der Waals surface area contributed by atoms with Crippen LogP contribution in [0.2, 0.25) is 0 Å². The molecule has 2 aromatic rings. The van der Waals surface area contributed by atoms with Crippen LogP contribution in [0.15, 0.2) is 60.2 Å². The molecule has 2 aromatic carbocycles. The number of hydrazone groups is 1. The molecule has 0 saturated carbocycles. The minimum Gasteiger partial charge on any atom is -0.493 e. The summed E-state index contributed by atoms with van der Waals surface area (Å²) in [6.45, 7) is 3.45. The van der Waals surface area contributed by atoms with Crippen LogP contribution in [-0.2, 0) is 11.2 Å². The lowest BCUT2D eigenvalue weighted by atomic mass is 10.1. The number of ether oxygens (including phenoxy) is 2. The molecule has 0 aliphatic heterocycles. The molecular formula is C19H19N3O5. The summed E-state index contributed by atoms with van der Waals surface area (Å²) in [5, 5.41) is 14.4. The Morgan fingerprint density at radius 2 is 2.00 bits per heavy atom. The number of carbonyl (C=O) groups is 1.